The second-order valence-electron chi connectivity index (χ2n) is 5.98. The zero-order chi connectivity index (χ0) is 19.4. The Kier molecular flexibility index (Phi) is 5.81. The Labute approximate surface area is 166 Å². The average Bonchev–Trinajstić information content (AvgIpc) is 3.17. The highest BCUT2D eigenvalue weighted by atomic mass is 79.9. The van der Waals surface area contributed by atoms with Crippen LogP contribution in [0.4, 0.5) is 0 Å². The van der Waals surface area contributed by atoms with Crippen molar-refractivity contribution >= 4 is 21.8 Å². The molecule has 1 heterocycles. The quantitative estimate of drug-likeness (QED) is 0.610. The predicted octanol–water partition coefficient (Wildman–Crippen LogP) is 4.35. The lowest BCUT2D eigenvalue weighted by molar-refractivity contribution is 0.0940. The third-order valence-electron chi connectivity index (χ3n) is 4.25. The van der Waals surface area contributed by atoms with Crippen molar-refractivity contribution in [2.45, 2.75) is 13.0 Å². The third-order valence-corrected chi connectivity index (χ3v) is 4.75. The fourth-order valence-electron chi connectivity index (χ4n) is 2.80. The molecule has 2 N–H and O–H groups in total. The lowest BCUT2D eigenvalue weighted by atomic mass is 10.1. The van der Waals surface area contributed by atoms with E-state index < -0.39 is 0 Å². The van der Waals surface area contributed by atoms with Crippen LogP contribution in [-0.2, 0) is 0 Å². The van der Waals surface area contributed by atoms with Crippen LogP contribution in [0.15, 0.2) is 53.1 Å². The number of rotatable bonds is 6. The summed E-state index contributed by atoms with van der Waals surface area (Å²) in [5.74, 6) is 1.06. The molecule has 6 nitrogen and oxygen atoms in total. The molecule has 27 heavy (non-hydrogen) atoms. The summed E-state index contributed by atoms with van der Waals surface area (Å²) in [5.41, 5.74) is 2.95. The van der Waals surface area contributed by atoms with Gasteiger partial charge in [0.05, 0.1) is 37.7 Å². The highest BCUT2D eigenvalue weighted by molar-refractivity contribution is 9.10. The third kappa shape index (κ3) is 4.14. The van der Waals surface area contributed by atoms with Crippen LogP contribution in [-0.4, -0.2) is 30.3 Å². The molecule has 0 fully saturated rings. The topological polar surface area (TPSA) is 76.2 Å². The molecule has 0 aliphatic rings. The SMILES string of the molecule is COc1ccc(C(C)NC(=O)c2cn[nH]c2-c2cccc(Br)c2)cc1OC. The number of nitrogens with zero attached hydrogens (tertiary/aromatic N) is 1. The molecule has 0 bridgehead atoms. The van der Waals surface area contributed by atoms with E-state index in [1.54, 1.807) is 14.2 Å². The Morgan fingerprint density at radius 2 is 1.93 bits per heavy atom. The van der Waals surface area contributed by atoms with Gasteiger partial charge < -0.3 is 14.8 Å². The Morgan fingerprint density at radius 1 is 1.15 bits per heavy atom. The van der Waals surface area contributed by atoms with Crippen LogP contribution >= 0.6 is 15.9 Å². The van der Waals surface area contributed by atoms with Gasteiger partial charge in [0, 0.05) is 10.0 Å². The van der Waals surface area contributed by atoms with Crippen LogP contribution < -0.4 is 14.8 Å². The number of methoxy groups -OCH3 is 2. The van der Waals surface area contributed by atoms with E-state index in [-0.39, 0.29) is 11.9 Å². The first-order chi connectivity index (χ1) is 13.0. The Hall–Kier alpha value is -2.80. The number of amides is 1. The van der Waals surface area contributed by atoms with Gasteiger partial charge in [0.25, 0.3) is 5.91 Å². The van der Waals surface area contributed by atoms with E-state index in [1.165, 1.54) is 6.20 Å². The summed E-state index contributed by atoms with van der Waals surface area (Å²) in [5, 5.41) is 9.96. The van der Waals surface area contributed by atoms with Crippen LogP contribution in [0, 0.1) is 0 Å². The lowest BCUT2D eigenvalue weighted by Crippen LogP contribution is -2.26. The Bertz CT molecular complexity index is 955. The molecule has 7 heteroatoms. The van der Waals surface area contributed by atoms with Gasteiger partial charge >= 0.3 is 0 Å². The molecule has 0 saturated heterocycles. The van der Waals surface area contributed by atoms with Crippen LogP contribution in [0.2, 0.25) is 0 Å². The van der Waals surface area contributed by atoms with Gasteiger partial charge in [0.2, 0.25) is 0 Å². The van der Waals surface area contributed by atoms with Crippen molar-refractivity contribution in [3.63, 3.8) is 0 Å². The zero-order valence-electron chi connectivity index (χ0n) is 15.2. The summed E-state index contributed by atoms with van der Waals surface area (Å²) in [6, 6.07) is 13.1. The number of carbonyl (C=O) groups excluding carboxylic acids is 1. The van der Waals surface area contributed by atoms with Crippen molar-refractivity contribution in [3.8, 4) is 22.8 Å². The van der Waals surface area contributed by atoms with Gasteiger partial charge in [-0.1, -0.05) is 34.1 Å². The van der Waals surface area contributed by atoms with Crippen molar-refractivity contribution in [1.29, 1.82) is 0 Å². The molecular formula is C20H20BrN3O3. The van der Waals surface area contributed by atoms with E-state index in [0.29, 0.717) is 22.8 Å². The number of carbonyl (C=O) groups is 1. The van der Waals surface area contributed by atoms with Gasteiger partial charge in [-0.15, -0.1) is 0 Å². The fourth-order valence-corrected chi connectivity index (χ4v) is 3.20. The Morgan fingerprint density at radius 3 is 2.63 bits per heavy atom. The monoisotopic (exact) mass is 429 g/mol. The van der Waals surface area contributed by atoms with Crippen molar-refractivity contribution in [1.82, 2.24) is 15.5 Å². The van der Waals surface area contributed by atoms with E-state index in [1.807, 2.05) is 49.4 Å². The molecule has 1 amide bonds. The van der Waals surface area contributed by atoms with Gasteiger partial charge in [-0.05, 0) is 36.8 Å². The number of halogens is 1. The maximum atomic E-state index is 12.8. The molecule has 0 radical (unpaired) electrons. The molecule has 1 unspecified atom stereocenters. The average molecular weight is 430 g/mol. The number of benzene rings is 2. The lowest BCUT2D eigenvalue weighted by Gasteiger charge is -2.16. The number of aromatic nitrogens is 2. The van der Waals surface area contributed by atoms with Crippen molar-refractivity contribution in [2.75, 3.05) is 14.2 Å². The molecule has 0 aliphatic carbocycles. The second kappa shape index (κ2) is 8.26. The van der Waals surface area contributed by atoms with Crippen LogP contribution in [0.3, 0.4) is 0 Å². The highest BCUT2D eigenvalue weighted by Gasteiger charge is 2.19. The zero-order valence-corrected chi connectivity index (χ0v) is 16.8. The van der Waals surface area contributed by atoms with Gasteiger partial charge in [-0.3, -0.25) is 9.89 Å². The highest BCUT2D eigenvalue weighted by Crippen LogP contribution is 2.30. The standard InChI is InChI=1S/C20H20BrN3O3/c1-12(13-7-8-17(26-2)18(10-13)27-3)23-20(25)16-11-22-24-19(16)14-5-4-6-15(21)9-14/h4-12H,1-3H3,(H,22,24)(H,23,25). The molecule has 0 spiro atoms. The molecule has 3 rings (SSSR count). The number of hydrogen-bond donors (Lipinski definition) is 2. The maximum Gasteiger partial charge on any atom is 0.255 e. The summed E-state index contributed by atoms with van der Waals surface area (Å²) in [4.78, 5) is 12.8. The molecule has 1 aromatic heterocycles. The summed E-state index contributed by atoms with van der Waals surface area (Å²) in [7, 11) is 3.17. The summed E-state index contributed by atoms with van der Waals surface area (Å²) < 4.78 is 11.5. The summed E-state index contributed by atoms with van der Waals surface area (Å²) in [6.07, 6.45) is 1.53. The number of nitrogens with one attached hydrogen (secondary N) is 2. The molecule has 2 aromatic carbocycles. The molecular weight excluding hydrogens is 410 g/mol. The number of aromatic amines is 1. The van der Waals surface area contributed by atoms with Crippen LogP contribution in [0.1, 0.15) is 28.9 Å². The van der Waals surface area contributed by atoms with Gasteiger partial charge in [-0.2, -0.15) is 5.10 Å². The van der Waals surface area contributed by atoms with E-state index >= 15 is 0 Å². The first kappa shape index (κ1) is 19.0. The maximum absolute atomic E-state index is 12.8. The first-order valence-corrected chi connectivity index (χ1v) is 9.15. The summed E-state index contributed by atoms with van der Waals surface area (Å²) in [6.45, 7) is 1.91. The molecule has 0 saturated carbocycles. The van der Waals surface area contributed by atoms with E-state index in [4.69, 9.17) is 9.47 Å². The van der Waals surface area contributed by atoms with E-state index in [0.717, 1.165) is 15.6 Å². The minimum Gasteiger partial charge on any atom is -0.493 e. The van der Waals surface area contributed by atoms with E-state index in [9.17, 15) is 4.79 Å². The molecule has 3 aromatic rings. The predicted molar refractivity (Wildman–Crippen MR) is 107 cm³/mol. The van der Waals surface area contributed by atoms with Crippen molar-refractivity contribution < 1.29 is 14.3 Å². The van der Waals surface area contributed by atoms with Crippen LogP contribution in [0.25, 0.3) is 11.3 Å². The van der Waals surface area contributed by atoms with E-state index in [2.05, 4.69) is 31.4 Å². The number of H-pyrrole nitrogens is 1. The van der Waals surface area contributed by atoms with Gasteiger partial charge in [0.1, 0.15) is 0 Å². The molecule has 140 valence electrons. The molecule has 1 atom stereocenters. The van der Waals surface area contributed by atoms with Gasteiger partial charge in [0.15, 0.2) is 11.5 Å². The van der Waals surface area contributed by atoms with Crippen LogP contribution in [0.5, 0.6) is 11.5 Å². The first-order valence-electron chi connectivity index (χ1n) is 8.35. The number of hydrogen-bond acceptors (Lipinski definition) is 4. The smallest absolute Gasteiger partial charge is 0.255 e. The van der Waals surface area contributed by atoms with Crippen molar-refractivity contribution in [2.24, 2.45) is 0 Å². The molecule has 0 aliphatic heterocycles. The fraction of sp³-hybridized carbons (Fsp3) is 0.200. The minimum atomic E-state index is -0.220. The van der Waals surface area contributed by atoms with Crippen molar-refractivity contribution in [3.05, 3.63) is 64.3 Å². The normalized spacial score (nSPS) is 11.7. The van der Waals surface area contributed by atoms with Gasteiger partial charge in [-0.25, -0.2) is 0 Å². The Balaban J connectivity index is 1.81. The number of ether oxygens (including phenoxy) is 2. The minimum absolute atomic E-state index is 0.207. The second-order valence-corrected chi connectivity index (χ2v) is 6.89. The summed E-state index contributed by atoms with van der Waals surface area (Å²) >= 11 is 3.45. The largest absolute Gasteiger partial charge is 0.493 e.